The Morgan fingerprint density at radius 1 is 1.03 bits per heavy atom. The number of oxazole rings is 1. The van der Waals surface area contributed by atoms with E-state index in [9.17, 15) is 18.0 Å². The molecule has 168 valence electrons. The topological polar surface area (TPSA) is 58.4 Å². The standard InChI is InChI=1S/C25H20F3N3O2/c26-25(27,28)19-10-5-4-9-18(19)16-12-13-22-20(15-16)30-23(33-22)21-11-6-14-31(21)24(32)29-17-7-2-1-3-8-17/h1-5,7-10,12-13,15,21H,6,11,14H2,(H,29,32)/t21-/m0/s1. The third-order valence-corrected chi connectivity index (χ3v) is 5.77. The number of para-hydroxylation sites is 1. The van der Waals surface area contributed by atoms with Gasteiger partial charge in [0.1, 0.15) is 11.6 Å². The number of carbonyl (C=O) groups excluding carboxylic acids is 1. The van der Waals surface area contributed by atoms with E-state index in [4.69, 9.17) is 4.42 Å². The molecule has 0 radical (unpaired) electrons. The molecule has 4 aromatic rings. The highest BCUT2D eigenvalue weighted by Crippen LogP contribution is 2.39. The fourth-order valence-corrected chi connectivity index (χ4v) is 4.22. The molecule has 1 saturated heterocycles. The van der Waals surface area contributed by atoms with Crippen LogP contribution in [0, 0.1) is 0 Å². The number of halogens is 3. The van der Waals surface area contributed by atoms with Gasteiger partial charge in [-0.25, -0.2) is 9.78 Å². The lowest BCUT2D eigenvalue weighted by molar-refractivity contribution is -0.137. The molecule has 1 N–H and O–H groups in total. The smallest absolute Gasteiger partial charge is 0.417 e. The second kappa shape index (κ2) is 8.27. The van der Waals surface area contributed by atoms with Gasteiger partial charge < -0.3 is 14.6 Å². The minimum absolute atomic E-state index is 0.0844. The van der Waals surface area contributed by atoms with Crippen LogP contribution in [0.3, 0.4) is 0 Å². The SMILES string of the molecule is O=C(Nc1ccccc1)N1CCC[C@H]1c1nc2cc(-c3ccccc3C(F)(F)F)ccc2o1. The third-order valence-electron chi connectivity index (χ3n) is 5.77. The van der Waals surface area contributed by atoms with Crippen molar-refractivity contribution in [2.24, 2.45) is 0 Å². The second-order valence-electron chi connectivity index (χ2n) is 7.93. The van der Waals surface area contributed by atoms with Gasteiger partial charge in [0.2, 0.25) is 5.89 Å². The van der Waals surface area contributed by atoms with E-state index in [0.29, 0.717) is 41.2 Å². The van der Waals surface area contributed by atoms with Gasteiger partial charge in [-0.05, 0) is 54.3 Å². The summed E-state index contributed by atoms with van der Waals surface area (Å²) in [4.78, 5) is 19.0. The molecular weight excluding hydrogens is 431 g/mol. The number of alkyl halides is 3. The van der Waals surface area contributed by atoms with Gasteiger partial charge in [-0.3, -0.25) is 0 Å². The predicted molar refractivity (Wildman–Crippen MR) is 119 cm³/mol. The number of anilines is 1. The van der Waals surface area contributed by atoms with Gasteiger partial charge in [0.15, 0.2) is 5.58 Å². The first kappa shape index (κ1) is 21.1. The average Bonchev–Trinajstić information content (AvgIpc) is 3.45. The largest absolute Gasteiger partial charge is 0.438 e. The van der Waals surface area contributed by atoms with Crippen LogP contribution in [0.2, 0.25) is 0 Å². The maximum absolute atomic E-state index is 13.5. The fourth-order valence-electron chi connectivity index (χ4n) is 4.22. The summed E-state index contributed by atoms with van der Waals surface area (Å²) < 4.78 is 46.3. The summed E-state index contributed by atoms with van der Waals surface area (Å²) >= 11 is 0. The van der Waals surface area contributed by atoms with Crippen LogP contribution in [0.4, 0.5) is 23.7 Å². The molecule has 5 nitrogen and oxygen atoms in total. The van der Waals surface area contributed by atoms with Crippen LogP contribution in [0.5, 0.6) is 0 Å². The molecule has 0 spiro atoms. The molecule has 0 unspecified atom stereocenters. The Labute approximate surface area is 187 Å². The van der Waals surface area contributed by atoms with Crippen molar-refractivity contribution in [2.75, 3.05) is 11.9 Å². The maximum Gasteiger partial charge on any atom is 0.417 e. The molecule has 8 heteroatoms. The zero-order chi connectivity index (χ0) is 23.0. The molecule has 2 amide bonds. The maximum atomic E-state index is 13.5. The molecule has 1 atom stereocenters. The third kappa shape index (κ3) is 4.16. The van der Waals surface area contributed by atoms with E-state index < -0.39 is 11.7 Å². The fraction of sp³-hybridized carbons (Fsp3) is 0.200. The van der Waals surface area contributed by atoms with Crippen molar-refractivity contribution in [3.05, 3.63) is 84.3 Å². The van der Waals surface area contributed by atoms with Gasteiger partial charge in [-0.1, -0.05) is 42.5 Å². The van der Waals surface area contributed by atoms with E-state index in [-0.39, 0.29) is 17.6 Å². The second-order valence-corrected chi connectivity index (χ2v) is 7.93. The number of hydrogen-bond donors (Lipinski definition) is 1. The Balaban J connectivity index is 1.44. The van der Waals surface area contributed by atoms with Crippen LogP contribution in [0.25, 0.3) is 22.2 Å². The molecule has 1 aliphatic heterocycles. The monoisotopic (exact) mass is 451 g/mol. The summed E-state index contributed by atoms with van der Waals surface area (Å²) in [6.45, 7) is 0.562. The highest BCUT2D eigenvalue weighted by molar-refractivity contribution is 5.90. The normalized spacial score (nSPS) is 16.3. The number of hydrogen-bond acceptors (Lipinski definition) is 3. The molecule has 0 bridgehead atoms. The van der Waals surface area contributed by atoms with Gasteiger partial charge in [0.25, 0.3) is 0 Å². The lowest BCUT2D eigenvalue weighted by Crippen LogP contribution is -2.34. The van der Waals surface area contributed by atoms with E-state index in [1.54, 1.807) is 29.2 Å². The van der Waals surface area contributed by atoms with Crippen LogP contribution in [0.15, 0.2) is 77.2 Å². The van der Waals surface area contributed by atoms with E-state index in [0.717, 1.165) is 12.5 Å². The first-order valence-electron chi connectivity index (χ1n) is 10.6. The quantitative estimate of drug-likeness (QED) is 0.369. The first-order valence-corrected chi connectivity index (χ1v) is 10.6. The number of likely N-dealkylation sites (tertiary alicyclic amines) is 1. The highest BCUT2D eigenvalue weighted by Gasteiger charge is 2.35. The van der Waals surface area contributed by atoms with Crippen molar-refractivity contribution < 1.29 is 22.4 Å². The number of rotatable bonds is 3. The summed E-state index contributed by atoms with van der Waals surface area (Å²) in [5.41, 5.74) is 1.40. The number of amides is 2. The van der Waals surface area contributed by atoms with Gasteiger partial charge in [0, 0.05) is 12.2 Å². The zero-order valence-electron chi connectivity index (χ0n) is 17.5. The molecular formula is C25H20F3N3O2. The van der Waals surface area contributed by atoms with Gasteiger partial charge in [-0.2, -0.15) is 13.2 Å². The van der Waals surface area contributed by atoms with E-state index >= 15 is 0 Å². The Kier molecular flexibility index (Phi) is 5.28. The van der Waals surface area contributed by atoms with Gasteiger partial charge in [-0.15, -0.1) is 0 Å². The first-order chi connectivity index (χ1) is 15.9. The summed E-state index contributed by atoms with van der Waals surface area (Å²) in [5.74, 6) is 0.381. The molecule has 0 saturated carbocycles. The molecule has 0 aliphatic carbocycles. The number of aromatic nitrogens is 1. The number of fused-ring (bicyclic) bond motifs is 1. The molecule has 5 rings (SSSR count). The molecule has 1 aromatic heterocycles. The summed E-state index contributed by atoms with van der Waals surface area (Å²) in [7, 11) is 0. The van der Waals surface area contributed by atoms with Crippen LogP contribution in [-0.2, 0) is 6.18 Å². The average molecular weight is 451 g/mol. The molecule has 3 aromatic carbocycles. The van der Waals surface area contributed by atoms with Crippen molar-refractivity contribution in [1.82, 2.24) is 9.88 Å². The minimum Gasteiger partial charge on any atom is -0.438 e. The van der Waals surface area contributed by atoms with Crippen LogP contribution >= 0.6 is 0 Å². The summed E-state index contributed by atoms with van der Waals surface area (Å²) in [6.07, 6.45) is -2.97. The van der Waals surface area contributed by atoms with Crippen molar-refractivity contribution in [2.45, 2.75) is 25.1 Å². The lowest BCUT2D eigenvalue weighted by Gasteiger charge is -2.22. The van der Waals surface area contributed by atoms with Crippen molar-refractivity contribution in [3.8, 4) is 11.1 Å². The Morgan fingerprint density at radius 2 is 1.79 bits per heavy atom. The van der Waals surface area contributed by atoms with Crippen molar-refractivity contribution in [1.29, 1.82) is 0 Å². The number of nitrogens with one attached hydrogen (secondary N) is 1. The van der Waals surface area contributed by atoms with Gasteiger partial charge in [0.05, 0.1) is 5.56 Å². The van der Waals surface area contributed by atoms with Crippen molar-refractivity contribution in [3.63, 3.8) is 0 Å². The Hall–Kier alpha value is -3.81. The number of nitrogens with zero attached hydrogens (tertiary/aromatic N) is 2. The van der Waals surface area contributed by atoms with Crippen LogP contribution < -0.4 is 5.32 Å². The predicted octanol–water partition coefficient (Wildman–Crippen LogP) is 6.88. The van der Waals surface area contributed by atoms with Crippen molar-refractivity contribution >= 4 is 22.8 Å². The Bertz CT molecular complexity index is 1300. The highest BCUT2D eigenvalue weighted by atomic mass is 19.4. The lowest BCUT2D eigenvalue weighted by atomic mass is 9.99. The minimum atomic E-state index is -4.46. The molecule has 1 fully saturated rings. The van der Waals surface area contributed by atoms with Crippen LogP contribution in [0.1, 0.15) is 30.3 Å². The van der Waals surface area contributed by atoms with E-state index in [1.165, 1.54) is 12.1 Å². The number of benzene rings is 3. The van der Waals surface area contributed by atoms with E-state index in [2.05, 4.69) is 10.3 Å². The summed E-state index contributed by atoms with van der Waals surface area (Å²) in [6, 6.07) is 18.8. The van der Waals surface area contributed by atoms with Crippen LogP contribution in [-0.4, -0.2) is 22.5 Å². The molecule has 1 aliphatic rings. The van der Waals surface area contributed by atoms with E-state index in [1.807, 2.05) is 30.3 Å². The van der Waals surface area contributed by atoms with Gasteiger partial charge >= 0.3 is 12.2 Å². The number of carbonyl (C=O) groups is 1. The summed E-state index contributed by atoms with van der Waals surface area (Å²) in [5, 5.41) is 2.88. The molecule has 33 heavy (non-hydrogen) atoms. The zero-order valence-corrected chi connectivity index (χ0v) is 17.5. The molecule has 2 heterocycles. The Morgan fingerprint density at radius 3 is 2.58 bits per heavy atom. The number of urea groups is 1.